The Kier molecular flexibility index (Phi) is 2.63. The van der Waals surface area contributed by atoms with Crippen LogP contribution < -0.4 is 0 Å². The largest absolute Gasteiger partial charge is 0.296 e. The lowest BCUT2D eigenvalue weighted by atomic mass is 9.85. The molecule has 1 aromatic rings. The zero-order chi connectivity index (χ0) is 10.1. The van der Waals surface area contributed by atoms with Gasteiger partial charge in [0.05, 0.1) is 0 Å². The number of alkyl halides is 2. The summed E-state index contributed by atoms with van der Waals surface area (Å²) in [5.41, 5.74) is 0.839. The lowest BCUT2D eigenvalue weighted by Gasteiger charge is -2.20. The molecule has 1 aromatic heterocycles. The number of carbonyl (C=O) groups excluding carboxylic acids is 1. The quantitative estimate of drug-likeness (QED) is 0.742. The van der Waals surface area contributed by atoms with Gasteiger partial charge in [0, 0.05) is 10.8 Å². The van der Waals surface area contributed by atoms with E-state index in [0.717, 1.165) is 23.3 Å². The molecule has 0 aliphatic heterocycles. The van der Waals surface area contributed by atoms with Gasteiger partial charge in [-0.2, -0.15) is 0 Å². The summed E-state index contributed by atoms with van der Waals surface area (Å²) in [6.45, 7) is 0. The van der Waals surface area contributed by atoms with Crippen LogP contribution in [-0.4, -0.2) is 12.2 Å². The first kappa shape index (κ1) is 9.77. The van der Waals surface area contributed by atoms with E-state index >= 15 is 0 Å². The molecule has 2 rings (SSSR count). The van der Waals surface area contributed by atoms with E-state index in [1.165, 1.54) is 0 Å². The number of carbonyl (C=O) groups is 1. The molecule has 1 aliphatic carbocycles. The molecule has 1 unspecified atom stereocenters. The Bertz CT molecular complexity index is 346. The normalized spacial score (nSPS) is 20.9. The monoisotopic (exact) mass is 216 g/mol. The molecule has 0 amide bonds. The maximum Gasteiger partial charge on any atom is 0.296 e. The third-order valence-corrected chi connectivity index (χ3v) is 3.61. The highest BCUT2D eigenvalue weighted by Crippen LogP contribution is 2.36. The van der Waals surface area contributed by atoms with Crippen molar-refractivity contribution in [2.45, 2.75) is 31.6 Å². The number of aryl methyl sites for hydroxylation is 1. The lowest BCUT2D eigenvalue weighted by Crippen LogP contribution is -2.22. The van der Waals surface area contributed by atoms with Crippen LogP contribution in [0.25, 0.3) is 0 Å². The SMILES string of the molecule is O=C(C(F)F)C1CCCc2sccc21. The summed E-state index contributed by atoms with van der Waals surface area (Å²) >= 11 is 1.56. The zero-order valence-corrected chi connectivity index (χ0v) is 8.32. The Morgan fingerprint density at radius 3 is 3.07 bits per heavy atom. The Morgan fingerprint density at radius 2 is 2.36 bits per heavy atom. The van der Waals surface area contributed by atoms with E-state index in [2.05, 4.69) is 0 Å². The molecule has 0 N–H and O–H groups in total. The van der Waals surface area contributed by atoms with Crippen LogP contribution in [0, 0.1) is 0 Å². The molecule has 1 nitrogen and oxygen atoms in total. The maximum absolute atomic E-state index is 12.3. The average Bonchev–Trinajstić information content (AvgIpc) is 2.63. The summed E-state index contributed by atoms with van der Waals surface area (Å²) < 4.78 is 24.5. The number of Topliss-reactive ketones (excluding diaryl/α,β-unsaturated/α-hetero) is 1. The molecule has 1 heterocycles. The van der Waals surface area contributed by atoms with E-state index in [-0.39, 0.29) is 0 Å². The topological polar surface area (TPSA) is 17.1 Å². The van der Waals surface area contributed by atoms with Gasteiger partial charge in [0.1, 0.15) is 0 Å². The summed E-state index contributed by atoms with van der Waals surface area (Å²) in [5, 5.41) is 1.88. The van der Waals surface area contributed by atoms with Gasteiger partial charge in [-0.15, -0.1) is 11.3 Å². The molecule has 1 atom stereocenters. The van der Waals surface area contributed by atoms with E-state index in [4.69, 9.17) is 0 Å². The number of thiophene rings is 1. The minimum absolute atomic E-state index is 0.551. The number of rotatable bonds is 2. The zero-order valence-electron chi connectivity index (χ0n) is 7.50. The number of fused-ring (bicyclic) bond motifs is 1. The summed E-state index contributed by atoms with van der Waals surface area (Å²) in [7, 11) is 0. The van der Waals surface area contributed by atoms with Crippen LogP contribution >= 0.6 is 11.3 Å². The van der Waals surface area contributed by atoms with Crippen LogP contribution in [0.1, 0.15) is 29.2 Å². The molecule has 0 bridgehead atoms. The maximum atomic E-state index is 12.3. The number of halogens is 2. The molecule has 1 aliphatic rings. The minimum Gasteiger partial charge on any atom is -0.293 e. The van der Waals surface area contributed by atoms with Gasteiger partial charge in [-0.3, -0.25) is 4.79 Å². The van der Waals surface area contributed by atoms with Gasteiger partial charge in [0.2, 0.25) is 5.78 Å². The van der Waals surface area contributed by atoms with Gasteiger partial charge in [-0.25, -0.2) is 8.78 Å². The molecular weight excluding hydrogens is 206 g/mol. The Balaban J connectivity index is 2.28. The van der Waals surface area contributed by atoms with E-state index in [0.29, 0.717) is 6.42 Å². The number of hydrogen-bond donors (Lipinski definition) is 0. The lowest BCUT2D eigenvalue weighted by molar-refractivity contribution is -0.131. The van der Waals surface area contributed by atoms with Gasteiger partial charge >= 0.3 is 0 Å². The van der Waals surface area contributed by atoms with Crippen molar-refractivity contribution >= 4 is 17.1 Å². The van der Waals surface area contributed by atoms with Crippen molar-refractivity contribution in [1.82, 2.24) is 0 Å². The third kappa shape index (κ3) is 1.59. The molecule has 14 heavy (non-hydrogen) atoms. The van der Waals surface area contributed by atoms with Gasteiger partial charge < -0.3 is 0 Å². The highest BCUT2D eigenvalue weighted by molar-refractivity contribution is 7.10. The van der Waals surface area contributed by atoms with Crippen LogP contribution in [-0.2, 0) is 11.2 Å². The van der Waals surface area contributed by atoms with Crippen molar-refractivity contribution in [2.75, 3.05) is 0 Å². The fraction of sp³-hybridized carbons (Fsp3) is 0.500. The summed E-state index contributed by atoms with van der Waals surface area (Å²) in [6.07, 6.45) is -0.477. The Morgan fingerprint density at radius 1 is 1.57 bits per heavy atom. The van der Waals surface area contributed by atoms with E-state index < -0.39 is 18.1 Å². The third-order valence-electron chi connectivity index (χ3n) is 2.61. The van der Waals surface area contributed by atoms with Gasteiger partial charge in [0.15, 0.2) is 0 Å². The fourth-order valence-corrected chi connectivity index (χ4v) is 2.92. The molecule has 0 aromatic carbocycles. The minimum atomic E-state index is -2.83. The molecular formula is C10H10F2OS. The van der Waals surface area contributed by atoms with E-state index in [1.54, 1.807) is 11.3 Å². The van der Waals surface area contributed by atoms with Crippen LogP contribution in [0.3, 0.4) is 0 Å². The first-order chi connectivity index (χ1) is 6.70. The number of ketones is 1. The average molecular weight is 216 g/mol. The second kappa shape index (κ2) is 3.77. The van der Waals surface area contributed by atoms with Crippen molar-refractivity contribution in [3.63, 3.8) is 0 Å². The summed E-state index contributed by atoms with van der Waals surface area (Å²) in [4.78, 5) is 12.3. The molecule has 0 saturated heterocycles. The molecule has 76 valence electrons. The first-order valence-electron chi connectivity index (χ1n) is 4.58. The van der Waals surface area contributed by atoms with Gasteiger partial charge in [0.25, 0.3) is 6.43 Å². The predicted octanol–water partition coefficient (Wildman–Crippen LogP) is 3.00. The van der Waals surface area contributed by atoms with Crippen molar-refractivity contribution < 1.29 is 13.6 Å². The Labute approximate surface area is 84.7 Å². The second-order valence-electron chi connectivity index (χ2n) is 3.45. The highest BCUT2D eigenvalue weighted by Gasteiger charge is 2.31. The standard InChI is InChI=1S/C10H10F2OS/c11-10(12)9(13)7-2-1-3-8-6(7)4-5-14-8/h4-5,7,10H,1-3H2. The molecule has 0 radical (unpaired) electrons. The van der Waals surface area contributed by atoms with Crippen molar-refractivity contribution in [3.05, 3.63) is 21.9 Å². The molecule has 4 heteroatoms. The molecule has 0 fully saturated rings. The van der Waals surface area contributed by atoms with Gasteiger partial charge in [-0.05, 0) is 36.3 Å². The van der Waals surface area contributed by atoms with Crippen LogP contribution in [0.4, 0.5) is 8.78 Å². The molecule has 0 spiro atoms. The fourth-order valence-electron chi connectivity index (χ4n) is 1.93. The van der Waals surface area contributed by atoms with Crippen molar-refractivity contribution in [2.24, 2.45) is 0 Å². The van der Waals surface area contributed by atoms with Gasteiger partial charge in [-0.1, -0.05) is 0 Å². The summed E-state index contributed by atoms with van der Waals surface area (Å²) in [5.74, 6) is -1.46. The van der Waals surface area contributed by atoms with Crippen LogP contribution in [0.5, 0.6) is 0 Å². The number of hydrogen-bond acceptors (Lipinski definition) is 2. The first-order valence-corrected chi connectivity index (χ1v) is 5.46. The highest BCUT2D eigenvalue weighted by atomic mass is 32.1. The van der Waals surface area contributed by atoms with Crippen LogP contribution in [0.15, 0.2) is 11.4 Å². The molecule has 0 saturated carbocycles. The van der Waals surface area contributed by atoms with E-state index in [1.807, 2.05) is 11.4 Å². The smallest absolute Gasteiger partial charge is 0.293 e. The van der Waals surface area contributed by atoms with Crippen molar-refractivity contribution in [3.8, 4) is 0 Å². The Hall–Kier alpha value is -0.770. The van der Waals surface area contributed by atoms with Crippen molar-refractivity contribution in [1.29, 1.82) is 0 Å². The second-order valence-corrected chi connectivity index (χ2v) is 4.45. The van der Waals surface area contributed by atoms with Crippen LogP contribution in [0.2, 0.25) is 0 Å². The predicted molar refractivity (Wildman–Crippen MR) is 51.0 cm³/mol. The van der Waals surface area contributed by atoms with E-state index in [9.17, 15) is 13.6 Å². The summed E-state index contributed by atoms with van der Waals surface area (Å²) in [6, 6.07) is 1.81.